The molecule has 0 atom stereocenters. The fourth-order valence-electron chi connectivity index (χ4n) is 3.28. The maximum absolute atomic E-state index is 12.8. The van der Waals surface area contributed by atoms with Crippen molar-refractivity contribution in [1.29, 1.82) is 0 Å². The molecule has 1 fully saturated rings. The van der Waals surface area contributed by atoms with Gasteiger partial charge in [0.1, 0.15) is 11.4 Å². The molecule has 0 radical (unpaired) electrons. The molecule has 0 aromatic heterocycles. The summed E-state index contributed by atoms with van der Waals surface area (Å²) in [7, 11) is 1.66. The Morgan fingerprint density at radius 3 is 2.23 bits per heavy atom. The molecule has 0 aliphatic carbocycles. The number of piperazine rings is 1. The minimum absolute atomic E-state index is 0.0101. The lowest BCUT2D eigenvalue weighted by atomic mass is 10.1. The Morgan fingerprint density at radius 2 is 1.63 bits per heavy atom. The van der Waals surface area contributed by atoms with Gasteiger partial charge in [-0.15, -0.1) is 0 Å². The predicted molar refractivity (Wildman–Crippen MR) is 117 cm³/mol. The lowest BCUT2D eigenvalue weighted by molar-refractivity contribution is 0.0635. The molecule has 2 aromatic rings. The third kappa shape index (κ3) is 5.65. The van der Waals surface area contributed by atoms with Crippen molar-refractivity contribution in [1.82, 2.24) is 4.90 Å². The average Bonchev–Trinajstić information content (AvgIpc) is 2.72. The van der Waals surface area contributed by atoms with E-state index in [1.165, 1.54) is 0 Å². The lowest BCUT2D eigenvalue weighted by Gasteiger charge is -2.36. The van der Waals surface area contributed by atoms with Crippen molar-refractivity contribution in [3.8, 4) is 5.75 Å². The van der Waals surface area contributed by atoms with Crippen LogP contribution in [0.4, 0.5) is 16.2 Å². The number of hydrogen-bond acceptors (Lipinski definition) is 5. The van der Waals surface area contributed by atoms with Crippen LogP contribution in [0.2, 0.25) is 0 Å². The molecule has 30 heavy (non-hydrogen) atoms. The highest BCUT2D eigenvalue weighted by atomic mass is 16.6. The van der Waals surface area contributed by atoms with Crippen LogP contribution in [0.5, 0.6) is 5.75 Å². The number of anilines is 2. The highest BCUT2D eigenvalue weighted by Crippen LogP contribution is 2.23. The van der Waals surface area contributed by atoms with Gasteiger partial charge in [0.25, 0.3) is 5.91 Å². The third-order valence-electron chi connectivity index (χ3n) is 4.76. The number of carbonyl (C=O) groups excluding carboxylic acids is 2. The number of nitrogens with one attached hydrogen (secondary N) is 1. The van der Waals surface area contributed by atoms with Crippen LogP contribution in [0.3, 0.4) is 0 Å². The van der Waals surface area contributed by atoms with E-state index in [2.05, 4.69) is 16.3 Å². The molecule has 1 aliphatic heterocycles. The minimum atomic E-state index is -0.562. The van der Waals surface area contributed by atoms with Crippen LogP contribution in [-0.2, 0) is 4.74 Å². The number of amides is 2. The molecule has 0 saturated carbocycles. The number of methoxy groups -OCH3 is 1. The molecule has 1 heterocycles. The minimum Gasteiger partial charge on any atom is -0.497 e. The van der Waals surface area contributed by atoms with Crippen molar-refractivity contribution >= 4 is 23.4 Å². The maximum atomic E-state index is 12.8. The first-order valence-corrected chi connectivity index (χ1v) is 10.0. The molecule has 1 saturated heterocycles. The third-order valence-corrected chi connectivity index (χ3v) is 4.76. The Morgan fingerprint density at radius 1 is 0.967 bits per heavy atom. The number of ether oxygens (including phenoxy) is 2. The Hall–Kier alpha value is -3.22. The smallest absolute Gasteiger partial charge is 0.412 e. The first-order valence-electron chi connectivity index (χ1n) is 10.0. The van der Waals surface area contributed by atoms with Crippen LogP contribution in [0.15, 0.2) is 48.5 Å². The molecule has 1 aliphatic rings. The molecule has 7 nitrogen and oxygen atoms in total. The summed E-state index contributed by atoms with van der Waals surface area (Å²) >= 11 is 0. The van der Waals surface area contributed by atoms with E-state index in [4.69, 9.17) is 9.47 Å². The van der Waals surface area contributed by atoms with Gasteiger partial charge in [-0.1, -0.05) is 6.07 Å². The first kappa shape index (κ1) is 21.5. The van der Waals surface area contributed by atoms with Gasteiger partial charge >= 0.3 is 6.09 Å². The van der Waals surface area contributed by atoms with E-state index >= 15 is 0 Å². The molecule has 3 rings (SSSR count). The molecule has 7 heteroatoms. The molecule has 160 valence electrons. The largest absolute Gasteiger partial charge is 0.497 e. The van der Waals surface area contributed by atoms with Gasteiger partial charge in [0.05, 0.1) is 7.11 Å². The van der Waals surface area contributed by atoms with Gasteiger partial charge in [-0.25, -0.2) is 4.79 Å². The number of hydrogen-bond donors (Lipinski definition) is 1. The van der Waals surface area contributed by atoms with Crippen LogP contribution in [0.1, 0.15) is 31.1 Å². The molecule has 0 unspecified atom stereocenters. The molecular weight excluding hydrogens is 382 g/mol. The topological polar surface area (TPSA) is 71.1 Å². The van der Waals surface area contributed by atoms with Gasteiger partial charge in [0.2, 0.25) is 0 Å². The van der Waals surface area contributed by atoms with Gasteiger partial charge in [-0.2, -0.15) is 0 Å². The van der Waals surface area contributed by atoms with E-state index in [0.29, 0.717) is 24.3 Å². The number of carbonyl (C=O) groups is 2. The van der Waals surface area contributed by atoms with Crippen LogP contribution < -0.4 is 15.0 Å². The zero-order valence-corrected chi connectivity index (χ0v) is 18.0. The Kier molecular flexibility index (Phi) is 6.50. The molecule has 0 spiro atoms. The second-order valence-corrected chi connectivity index (χ2v) is 8.18. The summed E-state index contributed by atoms with van der Waals surface area (Å²) in [4.78, 5) is 28.8. The lowest BCUT2D eigenvalue weighted by Crippen LogP contribution is -2.48. The number of benzene rings is 2. The average molecular weight is 412 g/mol. The van der Waals surface area contributed by atoms with E-state index in [1.54, 1.807) is 31.4 Å². The van der Waals surface area contributed by atoms with E-state index < -0.39 is 11.7 Å². The van der Waals surface area contributed by atoms with E-state index in [1.807, 2.05) is 43.9 Å². The summed E-state index contributed by atoms with van der Waals surface area (Å²) < 4.78 is 10.5. The van der Waals surface area contributed by atoms with Crippen molar-refractivity contribution in [2.75, 3.05) is 43.5 Å². The van der Waals surface area contributed by atoms with Crippen molar-refractivity contribution in [2.45, 2.75) is 26.4 Å². The van der Waals surface area contributed by atoms with Crippen molar-refractivity contribution < 1.29 is 19.1 Å². The van der Waals surface area contributed by atoms with Crippen LogP contribution in [0.25, 0.3) is 0 Å². The predicted octanol–water partition coefficient (Wildman–Crippen LogP) is 4.00. The maximum Gasteiger partial charge on any atom is 0.412 e. The zero-order valence-electron chi connectivity index (χ0n) is 18.0. The molecule has 0 bridgehead atoms. The highest BCUT2D eigenvalue weighted by molar-refractivity contribution is 5.95. The standard InChI is InChI=1S/C23H29N3O4/c1-23(2,3)30-22(28)24-18-10-8-17(9-11-18)21(27)26-14-12-25(13-15-26)19-6-5-7-20(16-19)29-4/h5-11,16H,12-15H2,1-4H3,(H,24,28). The Bertz CT molecular complexity index is 882. The summed E-state index contributed by atoms with van der Waals surface area (Å²) in [5.41, 5.74) is 1.72. The van der Waals surface area contributed by atoms with E-state index in [0.717, 1.165) is 24.5 Å². The van der Waals surface area contributed by atoms with Crippen molar-refractivity contribution in [3.05, 3.63) is 54.1 Å². The van der Waals surface area contributed by atoms with Gasteiger partial charge in [0.15, 0.2) is 0 Å². The van der Waals surface area contributed by atoms with Crippen LogP contribution in [-0.4, -0.2) is 55.8 Å². The van der Waals surface area contributed by atoms with Gasteiger partial charge in [0, 0.05) is 49.2 Å². The fraction of sp³-hybridized carbons (Fsp3) is 0.391. The normalized spacial score (nSPS) is 14.3. The number of nitrogens with zero attached hydrogens (tertiary/aromatic N) is 2. The van der Waals surface area contributed by atoms with E-state index in [9.17, 15) is 9.59 Å². The van der Waals surface area contributed by atoms with E-state index in [-0.39, 0.29) is 5.91 Å². The Labute approximate surface area is 177 Å². The SMILES string of the molecule is COc1cccc(N2CCN(C(=O)c3ccc(NC(=O)OC(C)(C)C)cc3)CC2)c1. The zero-order chi connectivity index (χ0) is 21.7. The van der Waals surface area contributed by atoms with Gasteiger partial charge in [-0.3, -0.25) is 10.1 Å². The second kappa shape index (κ2) is 9.07. The summed E-state index contributed by atoms with van der Waals surface area (Å²) in [6.07, 6.45) is -0.518. The quantitative estimate of drug-likeness (QED) is 0.823. The molecule has 2 amide bonds. The van der Waals surface area contributed by atoms with Crippen molar-refractivity contribution in [2.24, 2.45) is 0 Å². The molecular formula is C23H29N3O4. The summed E-state index contributed by atoms with van der Waals surface area (Å²) in [5.74, 6) is 0.815. The second-order valence-electron chi connectivity index (χ2n) is 8.18. The van der Waals surface area contributed by atoms with Crippen molar-refractivity contribution in [3.63, 3.8) is 0 Å². The molecule has 1 N–H and O–H groups in total. The van der Waals surface area contributed by atoms with Crippen LogP contribution in [0, 0.1) is 0 Å². The summed E-state index contributed by atoms with van der Waals surface area (Å²) in [6, 6.07) is 14.8. The fourth-order valence-corrected chi connectivity index (χ4v) is 3.28. The Balaban J connectivity index is 1.55. The van der Waals surface area contributed by atoms with Gasteiger partial charge in [-0.05, 0) is 57.2 Å². The molecule has 2 aromatic carbocycles. The van der Waals surface area contributed by atoms with Gasteiger partial charge < -0.3 is 19.3 Å². The highest BCUT2D eigenvalue weighted by Gasteiger charge is 2.23. The number of rotatable bonds is 4. The monoisotopic (exact) mass is 411 g/mol. The first-order chi connectivity index (χ1) is 14.2. The summed E-state index contributed by atoms with van der Waals surface area (Å²) in [6.45, 7) is 8.24. The van der Waals surface area contributed by atoms with Crippen LogP contribution >= 0.6 is 0 Å². The summed E-state index contributed by atoms with van der Waals surface area (Å²) in [5, 5.41) is 2.67.